The second-order valence-corrected chi connectivity index (χ2v) is 6.52. The number of nitrogens with one attached hydrogen (secondary N) is 2. The molecule has 1 aromatic carbocycles. The maximum atomic E-state index is 12.9. The molecule has 0 radical (unpaired) electrons. The third kappa shape index (κ3) is 5.22. The van der Waals surface area contributed by atoms with E-state index in [1.807, 2.05) is 0 Å². The Kier molecular flexibility index (Phi) is 6.26. The van der Waals surface area contributed by atoms with Crippen LogP contribution in [0.3, 0.4) is 0 Å². The summed E-state index contributed by atoms with van der Waals surface area (Å²) in [7, 11) is 0. The molecule has 2 rings (SSSR count). The quantitative estimate of drug-likeness (QED) is 0.576. The van der Waals surface area contributed by atoms with Crippen LogP contribution in [0.2, 0.25) is 10.0 Å². The van der Waals surface area contributed by atoms with Gasteiger partial charge in [-0.3, -0.25) is 0 Å². The van der Waals surface area contributed by atoms with Crippen LogP contribution in [0.1, 0.15) is 24.2 Å². The predicted molar refractivity (Wildman–Crippen MR) is 87.2 cm³/mol. The number of aliphatic hydroxyl groups is 1. The Labute approximate surface area is 168 Å². The number of hydrogen-bond donors (Lipinski definition) is 3. The second kappa shape index (κ2) is 7.88. The lowest BCUT2D eigenvalue weighted by molar-refractivity contribution is -0.258. The molecule has 1 unspecified atom stereocenters. The molecule has 15 heteroatoms. The number of hydrogen-bond acceptors (Lipinski definition) is 5. The van der Waals surface area contributed by atoms with E-state index in [9.17, 15) is 36.2 Å². The average Bonchev–Trinajstić information content (AvgIpc) is 3.04. The lowest BCUT2D eigenvalue weighted by atomic mass is 9.95. The van der Waals surface area contributed by atoms with E-state index in [2.05, 4.69) is 25.3 Å². The summed E-state index contributed by atoms with van der Waals surface area (Å²) in [5.74, 6) is -2.09. The van der Waals surface area contributed by atoms with E-state index in [1.165, 1.54) is 0 Å². The van der Waals surface area contributed by atoms with E-state index >= 15 is 0 Å². The van der Waals surface area contributed by atoms with Gasteiger partial charge in [0.2, 0.25) is 5.89 Å². The summed E-state index contributed by atoms with van der Waals surface area (Å²) in [5, 5.41) is 15.7. The van der Waals surface area contributed by atoms with Gasteiger partial charge in [0.05, 0.1) is 22.3 Å². The first-order valence-corrected chi connectivity index (χ1v) is 8.11. The maximum absolute atomic E-state index is 12.9. The molecule has 1 aromatic heterocycles. The van der Waals surface area contributed by atoms with E-state index in [1.54, 1.807) is 0 Å². The first-order chi connectivity index (χ1) is 13.1. The summed E-state index contributed by atoms with van der Waals surface area (Å²) in [5.41, 5.74) is -4.22. The summed E-state index contributed by atoms with van der Waals surface area (Å²) in [4.78, 5) is 14.9. The van der Waals surface area contributed by atoms with Crippen molar-refractivity contribution in [1.82, 2.24) is 15.5 Å². The summed E-state index contributed by atoms with van der Waals surface area (Å²) in [6, 6.07) is 0.477. The molecule has 7 nitrogen and oxygen atoms in total. The van der Waals surface area contributed by atoms with Crippen molar-refractivity contribution >= 4 is 34.9 Å². The summed E-state index contributed by atoms with van der Waals surface area (Å²) < 4.78 is 80.2. The minimum atomic E-state index is -5.02. The van der Waals surface area contributed by atoms with Crippen molar-refractivity contribution in [2.24, 2.45) is 0 Å². The SMILES string of the molecule is CC(O)(c1cc(Cl)c(NC(=O)NCc2nc(C(F)(F)F)no2)c(Cl)c1)C(F)(F)F. The molecule has 0 aliphatic carbocycles. The normalized spacial score (nSPS) is 14.4. The molecule has 0 aliphatic heterocycles. The van der Waals surface area contributed by atoms with Crippen molar-refractivity contribution in [1.29, 1.82) is 0 Å². The Morgan fingerprint density at radius 1 is 1.17 bits per heavy atom. The molecule has 160 valence electrons. The molecule has 0 aliphatic rings. The van der Waals surface area contributed by atoms with Crippen LogP contribution in [0.5, 0.6) is 0 Å². The van der Waals surface area contributed by atoms with Crippen LogP contribution in [0, 0.1) is 0 Å². The number of benzene rings is 1. The summed E-state index contributed by atoms with van der Waals surface area (Å²) in [6.45, 7) is -0.0978. The first-order valence-electron chi connectivity index (χ1n) is 7.36. The lowest BCUT2D eigenvalue weighted by Crippen LogP contribution is -2.39. The zero-order valence-corrected chi connectivity index (χ0v) is 15.6. The fraction of sp³-hybridized carbons (Fsp3) is 0.357. The number of rotatable bonds is 4. The molecule has 0 saturated carbocycles. The van der Waals surface area contributed by atoms with Gasteiger partial charge in [0.15, 0.2) is 5.60 Å². The molecule has 3 N–H and O–H groups in total. The van der Waals surface area contributed by atoms with Crippen molar-refractivity contribution < 1.29 is 40.8 Å². The summed E-state index contributed by atoms with van der Waals surface area (Å²) >= 11 is 11.7. The van der Waals surface area contributed by atoms with Crippen molar-refractivity contribution in [2.75, 3.05) is 5.32 Å². The van der Waals surface area contributed by atoms with E-state index in [0.29, 0.717) is 6.92 Å². The molecule has 0 bridgehead atoms. The van der Waals surface area contributed by atoms with Gasteiger partial charge in [0.25, 0.3) is 5.82 Å². The number of anilines is 1. The Bertz CT molecular complexity index is 890. The molecule has 1 atom stereocenters. The Hall–Kier alpha value is -2.25. The maximum Gasteiger partial charge on any atom is 0.455 e. The molecule has 0 spiro atoms. The Morgan fingerprint density at radius 3 is 2.17 bits per heavy atom. The smallest absolute Gasteiger partial charge is 0.376 e. The highest BCUT2D eigenvalue weighted by atomic mass is 35.5. The Morgan fingerprint density at radius 2 is 1.72 bits per heavy atom. The molecule has 0 saturated heterocycles. The third-order valence-corrected chi connectivity index (χ3v) is 4.11. The van der Waals surface area contributed by atoms with E-state index in [0.717, 1.165) is 12.1 Å². The van der Waals surface area contributed by atoms with Gasteiger partial charge in [-0.25, -0.2) is 4.79 Å². The lowest BCUT2D eigenvalue weighted by Gasteiger charge is -2.27. The minimum absolute atomic E-state index is 0.297. The molecule has 29 heavy (non-hydrogen) atoms. The van der Waals surface area contributed by atoms with Gasteiger partial charge in [0, 0.05) is 0 Å². The number of halogens is 8. The zero-order chi connectivity index (χ0) is 22.2. The highest BCUT2D eigenvalue weighted by Gasteiger charge is 2.51. The van der Waals surface area contributed by atoms with Gasteiger partial charge in [-0.2, -0.15) is 31.3 Å². The third-order valence-electron chi connectivity index (χ3n) is 3.52. The van der Waals surface area contributed by atoms with Gasteiger partial charge in [-0.05, 0) is 24.6 Å². The number of carbonyl (C=O) groups is 1. The molecular weight excluding hydrogens is 457 g/mol. The fourth-order valence-electron chi connectivity index (χ4n) is 1.89. The highest BCUT2D eigenvalue weighted by Crippen LogP contribution is 2.42. The number of aromatic nitrogens is 2. The van der Waals surface area contributed by atoms with Crippen LogP contribution < -0.4 is 10.6 Å². The number of urea groups is 1. The number of carbonyl (C=O) groups excluding carboxylic acids is 1. The molecule has 1 heterocycles. The van der Waals surface area contributed by atoms with Gasteiger partial charge >= 0.3 is 18.4 Å². The minimum Gasteiger partial charge on any atom is -0.376 e. The first kappa shape index (κ1) is 23.0. The van der Waals surface area contributed by atoms with Crippen molar-refractivity contribution in [2.45, 2.75) is 31.4 Å². The van der Waals surface area contributed by atoms with Crippen LogP contribution in [0.4, 0.5) is 36.8 Å². The van der Waals surface area contributed by atoms with Gasteiger partial charge < -0.3 is 20.3 Å². The van der Waals surface area contributed by atoms with E-state index < -0.39 is 57.9 Å². The van der Waals surface area contributed by atoms with Crippen molar-refractivity contribution in [3.63, 3.8) is 0 Å². The van der Waals surface area contributed by atoms with Gasteiger partial charge in [-0.15, -0.1) is 0 Å². The monoisotopic (exact) mass is 466 g/mol. The van der Waals surface area contributed by atoms with Gasteiger partial charge in [0.1, 0.15) is 0 Å². The molecule has 2 amide bonds. The van der Waals surface area contributed by atoms with E-state index in [4.69, 9.17) is 23.2 Å². The zero-order valence-electron chi connectivity index (χ0n) is 14.0. The van der Waals surface area contributed by atoms with Crippen molar-refractivity contribution in [3.05, 3.63) is 39.5 Å². The average molecular weight is 467 g/mol. The van der Waals surface area contributed by atoms with Crippen LogP contribution in [-0.4, -0.2) is 27.5 Å². The second-order valence-electron chi connectivity index (χ2n) is 5.70. The Balaban J connectivity index is 2.10. The largest absolute Gasteiger partial charge is 0.455 e. The summed E-state index contributed by atoms with van der Waals surface area (Å²) in [6.07, 6.45) is -9.85. The molecule has 0 fully saturated rings. The van der Waals surface area contributed by atoms with Crippen LogP contribution in [-0.2, 0) is 18.3 Å². The van der Waals surface area contributed by atoms with Crippen LogP contribution in [0.15, 0.2) is 16.7 Å². The molecule has 2 aromatic rings. The van der Waals surface area contributed by atoms with Crippen LogP contribution >= 0.6 is 23.2 Å². The van der Waals surface area contributed by atoms with Gasteiger partial charge in [-0.1, -0.05) is 28.4 Å². The predicted octanol–water partition coefficient (Wildman–Crippen LogP) is 4.49. The molecular formula is C14H10Cl2F6N4O3. The van der Waals surface area contributed by atoms with E-state index in [-0.39, 0.29) is 5.69 Å². The number of nitrogens with zero attached hydrogens (tertiary/aromatic N) is 2. The topological polar surface area (TPSA) is 100 Å². The van der Waals surface area contributed by atoms with Crippen LogP contribution in [0.25, 0.3) is 0 Å². The van der Waals surface area contributed by atoms with Crippen molar-refractivity contribution in [3.8, 4) is 0 Å². The highest BCUT2D eigenvalue weighted by molar-refractivity contribution is 6.39. The number of amides is 2. The standard InChI is InChI=1S/C14H10Cl2F6N4O3/c1-12(28,14(20,21)22)5-2-6(15)9(7(16)3-5)25-11(27)23-4-8-24-10(26-29-8)13(17,18)19/h2-3,28H,4H2,1H3,(H2,23,25,27). The fourth-order valence-corrected chi connectivity index (χ4v) is 2.47. The number of alkyl halides is 6.